The number of carbonyl (C=O) groups is 4. The molecule has 0 bridgehead atoms. The minimum Gasteiger partial charge on any atom is -0.298 e. The van der Waals surface area contributed by atoms with E-state index in [4.69, 9.17) is 0 Å². The second-order valence-electron chi connectivity index (χ2n) is 8.46. The third kappa shape index (κ3) is 4.48. The Labute approximate surface area is 167 Å². The molecule has 2 aliphatic rings. The number of hydrogen-bond donors (Lipinski definition) is 0. The third-order valence-electron chi connectivity index (χ3n) is 6.44. The van der Waals surface area contributed by atoms with Crippen LogP contribution in [0.4, 0.5) is 0 Å². The van der Waals surface area contributed by atoms with Gasteiger partial charge in [0, 0.05) is 34.6 Å². The lowest BCUT2D eigenvalue weighted by atomic mass is 9.78. The molecule has 28 heavy (non-hydrogen) atoms. The Morgan fingerprint density at radius 3 is 2.07 bits per heavy atom. The fraction of sp³-hybridized carbons (Fsp3) is 0.583. The van der Waals surface area contributed by atoms with E-state index >= 15 is 0 Å². The summed E-state index contributed by atoms with van der Waals surface area (Å²) in [4.78, 5) is 50.4. The van der Waals surface area contributed by atoms with Crippen molar-refractivity contribution in [3.05, 3.63) is 34.4 Å². The predicted octanol–water partition coefficient (Wildman–Crippen LogP) is 5.62. The van der Waals surface area contributed by atoms with E-state index in [0.29, 0.717) is 24.2 Å². The summed E-state index contributed by atoms with van der Waals surface area (Å²) in [5.41, 5.74) is 0.905. The van der Waals surface area contributed by atoms with Crippen molar-refractivity contribution in [3.8, 4) is 0 Å². The molecular formula is C24H30O4. The summed E-state index contributed by atoms with van der Waals surface area (Å²) in [6, 6.07) is 3.12. The van der Waals surface area contributed by atoms with Crippen LogP contribution in [-0.4, -0.2) is 23.6 Å². The number of rotatable bonds is 7. The van der Waals surface area contributed by atoms with Gasteiger partial charge in [-0.1, -0.05) is 57.4 Å². The van der Waals surface area contributed by atoms with Crippen molar-refractivity contribution in [2.45, 2.75) is 77.6 Å². The molecule has 0 unspecified atom stereocenters. The zero-order valence-corrected chi connectivity index (χ0v) is 16.8. The Morgan fingerprint density at radius 2 is 1.50 bits per heavy atom. The smallest absolute Gasteiger partial charge is 0.167 e. The van der Waals surface area contributed by atoms with Gasteiger partial charge in [0.25, 0.3) is 0 Å². The molecule has 0 aromatic heterocycles. The number of carbonyl (C=O) groups excluding carboxylic acids is 4. The van der Waals surface area contributed by atoms with E-state index in [2.05, 4.69) is 0 Å². The average Bonchev–Trinajstić information content (AvgIpc) is 2.73. The van der Waals surface area contributed by atoms with Gasteiger partial charge < -0.3 is 0 Å². The minimum atomic E-state index is -0.325. The van der Waals surface area contributed by atoms with Gasteiger partial charge >= 0.3 is 0 Å². The standard InChI is InChI=1S/C24H30O4/c1-16(26)22-19(15-25)12-13-20(21(27)14-17-8-4-2-5-9-17)23(22)24(28)18-10-6-3-7-11-18/h12-13,15,17-18H,2-11,14H2,1H3. The van der Waals surface area contributed by atoms with Crippen molar-refractivity contribution >= 4 is 23.6 Å². The van der Waals surface area contributed by atoms with Crippen LogP contribution in [0.5, 0.6) is 0 Å². The van der Waals surface area contributed by atoms with Gasteiger partial charge in [-0.15, -0.1) is 0 Å². The molecule has 2 saturated carbocycles. The predicted molar refractivity (Wildman–Crippen MR) is 108 cm³/mol. The molecule has 2 aliphatic carbocycles. The largest absolute Gasteiger partial charge is 0.298 e. The Balaban J connectivity index is 2.01. The molecule has 4 nitrogen and oxygen atoms in total. The zero-order valence-electron chi connectivity index (χ0n) is 16.8. The second-order valence-corrected chi connectivity index (χ2v) is 8.46. The molecule has 0 amide bonds. The molecule has 0 aliphatic heterocycles. The van der Waals surface area contributed by atoms with Crippen molar-refractivity contribution in [1.82, 2.24) is 0 Å². The van der Waals surface area contributed by atoms with Gasteiger partial charge in [0.05, 0.1) is 0 Å². The highest BCUT2D eigenvalue weighted by Crippen LogP contribution is 2.33. The topological polar surface area (TPSA) is 68.3 Å². The molecule has 0 atom stereocenters. The van der Waals surface area contributed by atoms with Crippen LogP contribution in [-0.2, 0) is 0 Å². The Bertz CT molecular complexity index is 765. The fourth-order valence-corrected chi connectivity index (χ4v) is 4.92. The maximum Gasteiger partial charge on any atom is 0.167 e. The van der Waals surface area contributed by atoms with Crippen LogP contribution in [0.2, 0.25) is 0 Å². The van der Waals surface area contributed by atoms with Gasteiger partial charge in [-0.3, -0.25) is 19.2 Å². The number of benzene rings is 1. The highest BCUT2D eigenvalue weighted by Gasteiger charge is 2.31. The van der Waals surface area contributed by atoms with Crippen LogP contribution in [0, 0.1) is 11.8 Å². The normalized spacial score (nSPS) is 18.6. The van der Waals surface area contributed by atoms with Gasteiger partial charge in [0.2, 0.25) is 0 Å². The van der Waals surface area contributed by atoms with E-state index < -0.39 is 0 Å². The summed E-state index contributed by atoms with van der Waals surface area (Å²) in [5, 5.41) is 0. The first-order valence-electron chi connectivity index (χ1n) is 10.7. The van der Waals surface area contributed by atoms with E-state index in [9.17, 15) is 19.2 Å². The van der Waals surface area contributed by atoms with E-state index in [1.807, 2.05) is 0 Å². The first kappa shape index (κ1) is 20.6. The second kappa shape index (κ2) is 9.40. The molecule has 2 fully saturated rings. The summed E-state index contributed by atoms with van der Waals surface area (Å²) in [6.45, 7) is 1.37. The Hall–Kier alpha value is -2.10. The third-order valence-corrected chi connectivity index (χ3v) is 6.44. The van der Waals surface area contributed by atoms with Crippen molar-refractivity contribution in [1.29, 1.82) is 0 Å². The first-order valence-corrected chi connectivity index (χ1v) is 10.7. The Kier molecular flexibility index (Phi) is 6.93. The van der Waals surface area contributed by atoms with Gasteiger partial charge in [-0.05, 0) is 31.7 Å². The molecule has 1 aromatic rings. The number of aldehydes is 1. The average molecular weight is 383 g/mol. The molecule has 0 saturated heterocycles. The summed E-state index contributed by atoms with van der Waals surface area (Å²) < 4.78 is 0. The van der Waals surface area contributed by atoms with Crippen molar-refractivity contribution in [3.63, 3.8) is 0 Å². The quantitative estimate of drug-likeness (QED) is 0.453. The molecule has 4 heteroatoms. The van der Waals surface area contributed by atoms with E-state index in [-0.39, 0.29) is 40.0 Å². The lowest BCUT2D eigenvalue weighted by Gasteiger charge is -2.24. The van der Waals surface area contributed by atoms with Gasteiger partial charge in [-0.25, -0.2) is 0 Å². The molecule has 0 N–H and O–H groups in total. The molecule has 0 radical (unpaired) electrons. The Morgan fingerprint density at radius 1 is 0.893 bits per heavy atom. The minimum absolute atomic E-state index is 0.0639. The van der Waals surface area contributed by atoms with Gasteiger partial charge in [-0.2, -0.15) is 0 Å². The van der Waals surface area contributed by atoms with Crippen molar-refractivity contribution in [2.24, 2.45) is 11.8 Å². The summed E-state index contributed by atoms with van der Waals surface area (Å²) in [5.74, 6) is -0.319. The van der Waals surface area contributed by atoms with Gasteiger partial charge in [0.15, 0.2) is 23.6 Å². The van der Waals surface area contributed by atoms with Crippen LogP contribution in [0.3, 0.4) is 0 Å². The van der Waals surface area contributed by atoms with Crippen LogP contribution in [0.25, 0.3) is 0 Å². The molecular weight excluding hydrogens is 352 g/mol. The summed E-state index contributed by atoms with van der Waals surface area (Å²) in [7, 11) is 0. The van der Waals surface area contributed by atoms with Crippen molar-refractivity contribution < 1.29 is 19.2 Å². The van der Waals surface area contributed by atoms with E-state index in [0.717, 1.165) is 57.8 Å². The summed E-state index contributed by atoms with van der Waals surface area (Å²) in [6.07, 6.45) is 11.3. The molecule has 3 rings (SSSR count). The van der Waals surface area contributed by atoms with E-state index in [1.165, 1.54) is 19.4 Å². The molecule has 1 aromatic carbocycles. The fourth-order valence-electron chi connectivity index (χ4n) is 4.92. The SMILES string of the molecule is CC(=O)c1c(C=O)ccc(C(=O)CC2CCCCC2)c1C(=O)C1CCCCC1. The highest BCUT2D eigenvalue weighted by molar-refractivity contribution is 6.18. The van der Waals surface area contributed by atoms with E-state index in [1.54, 1.807) is 6.07 Å². The first-order chi connectivity index (χ1) is 13.5. The number of ketones is 3. The molecule has 150 valence electrons. The van der Waals surface area contributed by atoms with Gasteiger partial charge in [0.1, 0.15) is 0 Å². The van der Waals surface area contributed by atoms with Crippen LogP contribution >= 0.6 is 0 Å². The number of Topliss-reactive ketones (excluding diaryl/α,β-unsaturated/α-hetero) is 3. The summed E-state index contributed by atoms with van der Waals surface area (Å²) >= 11 is 0. The van der Waals surface area contributed by atoms with Crippen LogP contribution < -0.4 is 0 Å². The zero-order chi connectivity index (χ0) is 20.1. The van der Waals surface area contributed by atoms with Crippen LogP contribution in [0.1, 0.15) is 119 Å². The maximum atomic E-state index is 13.4. The van der Waals surface area contributed by atoms with Crippen molar-refractivity contribution in [2.75, 3.05) is 0 Å². The molecule has 0 heterocycles. The number of hydrogen-bond acceptors (Lipinski definition) is 4. The van der Waals surface area contributed by atoms with Crippen LogP contribution in [0.15, 0.2) is 12.1 Å². The lowest BCUT2D eigenvalue weighted by molar-refractivity contribution is 0.0867. The lowest BCUT2D eigenvalue weighted by Crippen LogP contribution is -2.25. The monoisotopic (exact) mass is 382 g/mol. The maximum absolute atomic E-state index is 13.4. The molecule has 0 spiro atoms. The highest BCUT2D eigenvalue weighted by atomic mass is 16.1.